The number of imidazole rings is 1. The lowest BCUT2D eigenvalue weighted by atomic mass is 10.0. The van der Waals surface area contributed by atoms with Crippen molar-refractivity contribution in [2.24, 2.45) is 0 Å². The highest BCUT2D eigenvalue weighted by Gasteiger charge is 2.50. The van der Waals surface area contributed by atoms with Crippen LogP contribution in [0.2, 0.25) is 0 Å². The zero-order chi connectivity index (χ0) is 28.3. The summed E-state index contributed by atoms with van der Waals surface area (Å²) in [5.41, 5.74) is 4.68. The maximum atomic E-state index is 14.5. The minimum absolute atomic E-state index is 0.00239. The predicted molar refractivity (Wildman–Crippen MR) is 145 cm³/mol. The monoisotopic (exact) mass is 574 g/mol. The van der Waals surface area contributed by atoms with E-state index in [9.17, 15) is 13.6 Å². The third kappa shape index (κ3) is 5.97. The number of nitrogens with one attached hydrogen (secondary N) is 1. The van der Waals surface area contributed by atoms with Crippen molar-refractivity contribution in [1.29, 1.82) is 0 Å². The van der Waals surface area contributed by atoms with E-state index in [1.807, 2.05) is 36.4 Å². The van der Waals surface area contributed by atoms with Gasteiger partial charge in [0.15, 0.2) is 17.1 Å². The average molecular weight is 575 g/mol. The van der Waals surface area contributed by atoms with Crippen molar-refractivity contribution in [2.45, 2.75) is 51.0 Å². The third-order valence-electron chi connectivity index (χ3n) is 6.36. The van der Waals surface area contributed by atoms with Gasteiger partial charge in [-0.15, -0.1) is 0 Å². The van der Waals surface area contributed by atoms with E-state index in [-0.39, 0.29) is 31.3 Å². The summed E-state index contributed by atoms with van der Waals surface area (Å²) in [6.07, 6.45) is -0.958. The lowest BCUT2D eigenvalue weighted by Crippen LogP contribution is -2.42. The molecule has 11 nitrogen and oxygen atoms in total. The molecule has 14 heteroatoms. The van der Waals surface area contributed by atoms with Crippen molar-refractivity contribution in [1.82, 2.24) is 24.6 Å². The maximum Gasteiger partial charge on any atom is 0.320 e. The molecule has 3 unspecified atom stereocenters. The minimum Gasteiger partial charge on any atom is -0.462 e. The summed E-state index contributed by atoms with van der Waals surface area (Å²) in [5, 5.41) is 4.62. The van der Waals surface area contributed by atoms with Gasteiger partial charge in [-0.1, -0.05) is 36.4 Å². The van der Waals surface area contributed by atoms with Crippen LogP contribution in [0.25, 0.3) is 21.9 Å². The smallest absolute Gasteiger partial charge is 0.320 e. The van der Waals surface area contributed by atoms with Crippen LogP contribution in [-0.2, 0) is 18.8 Å². The summed E-state index contributed by atoms with van der Waals surface area (Å²) < 4.78 is 53.8. The first kappa shape index (κ1) is 28.0. The second-order valence-corrected chi connectivity index (χ2v) is 10.8. The van der Waals surface area contributed by atoms with Crippen LogP contribution in [0.3, 0.4) is 0 Å². The Bertz CT molecular complexity index is 1490. The van der Waals surface area contributed by atoms with Crippen molar-refractivity contribution < 1.29 is 32.1 Å². The van der Waals surface area contributed by atoms with Crippen molar-refractivity contribution >= 4 is 42.2 Å². The lowest BCUT2D eigenvalue weighted by molar-refractivity contribution is -0.164. The van der Waals surface area contributed by atoms with E-state index >= 15 is 0 Å². The number of carbonyl (C=O) groups excluding carboxylic acids is 1. The molecule has 0 radical (unpaired) electrons. The highest BCUT2D eigenvalue weighted by Crippen LogP contribution is 2.45. The normalized spacial score (nSPS) is 20.0. The number of esters is 1. The number of anilines is 1. The minimum atomic E-state index is -2.87. The van der Waals surface area contributed by atoms with Crippen molar-refractivity contribution in [3.8, 4) is 5.75 Å². The average Bonchev–Trinajstić information content (AvgIpc) is 3.56. The summed E-state index contributed by atoms with van der Waals surface area (Å²) in [6, 6.07) is 13.1. The van der Waals surface area contributed by atoms with E-state index in [2.05, 4.69) is 20.0 Å². The van der Waals surface area contributed by atoms with Gasteiger partial charge < -0.3 is 24.3 Å². The molecule has 4 aromatic rings. The number of benzene rings is 2. The van der Waals surface area contributed by atoms with E-state index in [1.54, 1.807) is 24.5 Å². The lowest BCUT2D eigenvalue weighted by Gasteiger charge is -2.30. The fraction of sp³-hybridized carbons (Fsp3) is 0.385. The number of rotatable bonds is 11. The van der Waals surface area contributed by atoms with Crippen molar-refractivity contribution in [3.05, 3.63) is 55.1 Å². The molecule has 0 spiro atoms. The molecule has 0 saturated carbocycles. The molecule has 212 valence electrons. The van der Waals surface area contributed by atoms with Gasteiger partial charge in [-0.2, -0.15) is 0 Å². The molecular formula is C26H29F2N6O5P. The Hall–Kier alpha value is -3.51. The quantitative estimate of drug-likeness (QED) is 0.191. The van der Waals surface area contributed by atoms with Gasteiger partial charge in [0.05, 0.1) is 19.0 Å². The summed E-state index contributed by atoms with van der Waals surface area (Å²) >= 11 is 0. The fourth-order valence-corrected chi connectivity index (χ4v) is 5.57. The van der Waals surface area contributed by atoms with Gasteiger partial charge in [0.1, 0.15) is 30.4 Å². The molecule has 1 aliphatic rings. The summed E-state index contributed by atoms with van der Waals surface area (Å²) in [4.78, 5) is 24.5. The topological polar surface area (TPSA) is 136 Å². The number of ether oxygens (including phenoxy) is 2. The van der Waals surface area contributed by atoms with Gasteiger partial charge in [-0.3, -0.25) is 9.36 Å². The predicted octanol–water partition coefficient (Wildman–Crippen LogP) is 4.74. The molecule has 2 aromatic carbocycles. The molecule has 2 aromatic heterocycles. The van der Waals surface area contributed by atoms with Crippen LogP contribution in [-0.4, -0.2) is 56.8 Å². The second-order valence-electron chi connectivity index (χ2n) is 9.53. The Morgan fingerprint density at radius 3 is 2.83 bits per heavy atom. The molecular weight excluding hydrogens is 545 g/mol. The molecule has 1 saturated heterocycles. The second kappa shape index (κ2) is 11.9. The van der Waals surface area contributed by atoms with E-state index in [0.717, 1.165) is 10.8 Å². The van der Waals surface area contributed by atoms with Gasteiger partial charge in [0.2, 0.25) is 0 Å². The number of nitrogens with two attached hydrogens (primary N) is 1. The number of alkyl halides is 2. The van der Waals surface area contributed by atoms with E-state index in [0.29, 0.717) is 16.9 Å². The summed E-state index contributed by atoms with van der Waals surface area (Å²) in [7, 11) is -2.05. The Morgan fingerprint density at radius 1 is 1.23 bits per heavy atom. The molecule has 0 amide bonds. The van der Waals surface area contributed by atoms with Crippen LogP contribution in [0, 0.1) is 0 Å². The molecule has 1 aliphatic heterocycles. The van der Waals surface area contributed by atoms with Crippen LogP contribution in [0.4, 0.5) is 14.6 Å². The van der Waals surface area contributed by atoms with Crippen LogP contribution in [0.1, 0.15) is 32.9 Å². The Balaban J connectivity index is 1.34. The number of hydrogen-bond donors (Lipinski definition) is 2. The highest BCUT2D eigenvalue weighted by atomic mass is 31.2. The fourth-order valence-electron chi connectivity index (χ4n) is 4.43. The van der Waals surface area contributed by atoms with Crippen molar-refractivity contribution in [3.63, 3.8) is 0 Å². The van der Waals surface area contributed by atoms with Gasteiger partial charge in [0.25, 0.3) is 6.43 Å². The molecule has 0 aliphatic carbocycles. The number of halogens is 2. The molecule has 0 bridgehead atoms. The number of nitrogen functional groups attached to an aromatic ring is 1. The summed E-state index contributed by atoms with van der Waals surface area (Å²) in [6.45, 7) is 2.73. The first-order valence-corrected chi connectivity index (χ1v) is 13.8. The SMILES string of the molecule is CC(C)OC(=O)CNP(OCC1(C(F)F)CCC(n2cnc3c(N)ncnc32)O1)Oc1cccc2ccccc12. The number of nitrogens with zero attached hydrogens (tertiary/aromatic N) is 4. The van der Waals surface area contributed by atoms with Crippen molar-refractivity contribution in [2.75, 3.05) is 18.9 Å². The maximum absolute atomic E-state index is 14.5. The zero-order valence-corrected chi connectivity index (χ0v) is 22.8. The van der Waals surface area contributed by atoms with Crippen LogP contribution >= 0.6 is 8.53 Å². The Labute approximate surface area is 230 Å². The number of fused-ring (bicyclic) bond motifs is 2. The van der Waals surface area contributed by atoms with Gasteiger partial charge in [0, 0.05) is 5.39 Å². The summed E-state index contributed by atoms with van der Waals surface area (Å²) in [5.74, 6) is 0.137. The molecule has 1 fully saturated rings. The molecule has 3 N–H and O–H groups in total. The van der Waals surface area contributed by atoms with E-state index < -0.39 is 39.4 Å². The van der Waals surface area contributed by atoms with Gasteiger partial charge >= 0.3 is 14.5 Å². The van der Waals surface area contributed by atoms with E-state index in [4.69, 9.17) is 24.3 Å². The largest absolute Gasteiger partial charge is 0.462 e. The highest BCUT2D eigenvalue weighted by molar-refractivity contribution is 7.45. The number of hydrogen-bond acceptors (Lipinski definition) is 10. The number of aromatic nitrogens is 4. The Morgan fingerprint density at radius 2 is 2.02 bits per heavy atom. The zero-order valence-electron chi connectivity index (χ0n) is 21.9. The molecule has 40 heavy (non-hydrogen) atoms. The third-order valence-corrected chi connectivity index (χ3v) is 7.50. The van der Waals surface area contributed by atoms with Gasteiger partial charge in [-0.05, 0) is 38.1 Å². The Kier molecular flexibility index (Phi) is 8.36. The molecule has 3 atom stereocenters. The van der Waals surface area contributed by atoms with Crippen LogP contribution in [0.15, 0.2) is 55.1 Å². The first-order valence-electron chi connectivity index (χ1n) is 12.7. The van der Waals surface area contributed by atoms with E-state index in [1.165, 1.54) is 12.7 Å². The number of carbonyl (C=O) groups is 1. The standard InChI is InChI=1S/C26H29F2N6O5P/c1-16(2)37-21(35)12-33-40(39-19-9-5-7-17-6-3-4-8-18(17)19)36-13-26(25(27)28)11-10-20(38-26)34-15-32-22-23(29)30-14-31-24(22)34/h3-9,14-16,20,25,33H,10-13H2,1-2H3,(H2,29,30,31). The first-order chi connectivity index (χ1) is 19.3. The molecule has 3 heterocycles. The van der Waals surface area contributed by atoms with Crippen LogP contribution < -0.4 is 15.3 Å². The molecule has 5 rings (SSSR count). The van der Waals surface area contributed by atoms with Gasteiger partial charge in [-0.25, -0.2) is 28.8 Å². The van der Waals surface area contributed by atoms with Crippen LogP contribution in [0.5, 0.6) is 5.75 Å².